The van der Waals surface area contributed by atoms with Crippen molar-refractivity contribution in [2.24, 2.45) is 0 Å². The summed E-state index contributed by atoms with van der Waals surface area (Å²) in [6, 6.07) is -0.941. The van der Waals surface area contributed by atoms with E-state index in [1.54, 1.807) is 6.08 Å². The number of aliphatic hydroxyl groups excluding tert-OH is 8. The SMILES string of the molecule is CCCCCCC/C=C\C/C=C\CCCCCCCCCCCCCCCCCCCCCCCCCCCCCCCC(=O)NC(COC1OC(CO)C(OC2OC(CO)C(O)C(O)C2O)C(O)C1O)C(O)/C=C/CC/C=C/CC/C=C/CCCCCCCCCCCCCCCCCCCCCCCC. The predicted molar refractivity (Wildman–Crippen MR) is 447 cm³/mol. The van der Waals surface area contributed by atoms with Crippen LogP contribution in [0, 0.1) is 0 Å². The lowest BCUT2D eigenvalue weighted by molar-refractivity contribution is -0.359. The molecule has 12 unspecified atom stereocenters. The fourth-order valence-electron chi connectivity index (χ4n) is 15.2. The zero-order chi connectivity index (χ0) is 77.2. The summed E-state index contributed by atoms with van der Waals surface area (Å²) in [6.45, 7) is 2.83. The maximum atomic E-state index is 13.4. The summed E-state index contributed by atoms with van der Waals surface area (Å²) in [5, 5.41) is 87.8. The number of hydrogen-bond donors (Lipinski definition) is 9. The summed E-state index contributed by atoms with van der Waals surface area (Å²) in [5.41, 5.74) is 0. The van der Waals surface area contributed by atoms with E-state index in [1.807, 2.05) is 6.08 Å². The molecule has 14 heteroatoms. The third-order valence-corrected chi connectivity index (χ3v) is 22.4. The molecule has 1 amide bonds. The lowest BCUT2D eigenvalue weighted by Crippen LogP contribution is -2.65. The standard InChI is InChI=1S/C93H173NO13/c1-3-5-7-9-11-13-15-17-19-21-23-25-27-29-31-33-35-37-38-39-40-41-42-43-44-45-47-49-51-53-55-57-59-61-63-65-67-69-71-73-75-77-85(98)94-81(80-104-92-90(103)88(101)91(84(79-96)106-92)107-93-89(102)87(100)86(99)83(78-95)105-93)82(97)76-74-72-70-68-66-64-62-60-58-56-54-52-50-48-46-36-34-32-30-28-26-24-22-20-18-16-14-12-10-8-6-4-2/h15,17,21,23,58,60,66,68,74,76,81-84,86-93,95-97,99-103H,3-14,16,18-20,22,24-57,59,61-65,67,69-73,75,77-80H2,1-2H3,(H,94,98)/b17-15-,23-21-,60-58+,68-66+,76-74+. The Labute approximate surface area is 657 Å². The Morgan fingerprint density at radius 3 is 0.972 bits per heavy atom. The predicted octanol–water partition coefficient (Wildman–Crippen LogP) is 22.7. The number of carbonyl (C=O) groups is 1. The maximum Gasteiger partial charge on any atom is 0.220 e. The molecule has 628 valence electrons. The first kappa shape index (κ1) is 101. The van der Waals surface area contributed by atoms with Gasteiger partial charge in [0.2, 0.25) is 5.91 Å². The number of unbranched alkanes of at least 4 members (excludes halogenated alkanes) is 58. The molecule has 0 saturated carbocycles. The Hall–Kier alpha value is -2.31. The number of rotatable bonds is 79. The molecule has 2 aliphatic heterocycles. The fourth-order valence-corrected chi connectivity index (χ4v) is 15.2. The highest BCUT2D eigenvalue weighted by molar-refractivity contribution is 5.76. The molecule has 0 aromatic carbocycles. The van der Waals surface area contributed by atoms with Crippen LogP contribution in [0.25, 0.3) is 0 Å². The Balaban J connectivity index is 1.56. The van der Waals surface area contributed by atoms with Gasteiger partial charge in [-0.1, -0.05) is 408 Å². The zero-order valence-corrected chi connectivity index (χ0v) is 69.4. The molecule has 0 radical (unpaired) electrons. The first-order chi connectivity index (χ1) is 52.6. The van der Waals surface area contributed by atoms with Crippen molar-refractivity contribution >= 4 is 5.91 Å². The van der Waals surface area contributed by atoms with Crippen molar-refractivity contribution in [1.82, 2.24) is 5.32 Å². The number of ether oxygens (including phenoxy) is 4. The second kappa shape index (κ2) is 76.3. The minimum atomic E-state index is -1.80. The Bertz CT molecular complexity index is 2030. The highest BCUT2D eigenvalue weighted by Crippen LogP contribution is 2.31. The molecule has 0 spiro atoms. The summed E-state index contributed by atoms with van der Waals surface area (Å²) >= 11 is 0. The van der Waals surface area contributed by atoms with Gasteiger partial charge >= 0.3 is 0 Å². The van der Waals surface area contributed by atoms with Gasteiger partial charge in [0.05, 0.1) is 32.0 Å². The molecule has 0 aliphatic carbocycles. The van der Waals surface area contributed by atoms with E-state index in [0.717, 1.165) is 51.4 Å². The highest BCUT2D eigenvalue weighted by Gasteiger charge is 2.51. The minimum Gasteiger partial charge on any atom is -0.394 e. The molecule has 2 aliphatic rings. The van der Waals surface area contributed by atoms with Crippen molar-refractivity contribution in [2.75, 3.05) is 19.8 Å². The normalized spacial score (nSPS) is 21.4. The van der Waals surface area contributed by atoms with Crippen LogP contribution in [0.15, 0.2) is 60.8 Å². The molecule has 12 atom stereocenters. The topological polar surface area (TPSA) is 228 Å². The average Bonchev–Trinajstić information content (AvgIpc) is 0.789. The molecule has 2 heterocycles. The largest absolute Gasteiger partial charge is 0.394 e. The first-order valence-electron chi connectivity index (χ1n) is 46.0. The van der Waals surface area contributed by atoms with Crippen LogP contribution in [-0.4, -0.2) is 140 Å². The van der Waals surface area contributed by atoms with Crippen molar-refractivity contribution in [3.05, 3.63) is 60.8 Å². The summed E-state index contributed by atoms with van der Waals surface area (Å²) in [4.78, 5) is 13.4. The van der Waals surface area contributed by atoms with Crippen molar-refractivity contribution in [3.8, 4) is 0 Å². The molecule has 0 aromatic heterocycles. The highest BCUT2D eigenvalue weighted by atomic mass is 16.7. The third kappa shape index (κ3) is 58.2. The number of allylic oxidation sites excluding steroid dienone is 9. The van der Waals surface area contributed by atoms with Gasteiger partial charge in [-0.05, 0) is 77.0 Å². The quantitative estimate of drug-likeness (QED) is 0.0204. The molecular formula is C93H173NO13. The molecule has 0 bridgehead atoms. The van der Waals surface area contributed by atoms with Crippen molar-refractivity contribution in [3.63, 3.8) is 0 Å². The van der Waals surface area contributed by atoms with Gasteiger partial charge in [0.15, 0.2) is 12.6 Å². The Morgan fingerprint density at radius 1 is 0.336 bits per heavy atom. The number of carbonyl (C=O) groups excluding carboxylic acids is 1. The van der Waals surface area contributed by atoms with Crippen LogP contribution < -0.4 is 5.32 Å². The number of hydrogen-bond acceptors (Lipinski definition) is 13. The van der Waals surface area contributed by atoms with Gasteiger partial charge in [0.1, 0.15) is 48.8 Å². The molecule has 2 rings (SSSR count). The van der Waals surface area contributed by atoms with Gasteiger partial charge < -0.3 is 65.1 Å². The molecule has 0 aromatic rings. The summed E-state index contributed by atoms with van der Waals surface area (Å²) in [5.74, 6) is -0.245. The van der Waals surface area contributed by atoms with E-state index >= 15 is 0 Å². The molecule has 9 N–H and O–H groups in total. The van der Waals surface area contributed by atoms with Gasteiger partial charge in [-0.3, -0.25) is 4.79 Å². The van der Waals surface area contributed by atoms with Crippen LogP contribution in [0.1, 0.15) is 431 Å². The third-order valence-electron chi connectivity index (χ3n) is 22.4. The van der Waals surface area contributed by atoms with Gasteiger partial charge in [-0.25, -0.2) is 0 Å². The van der Waals surface area contributed by atoms with Gasteiger partial charge in [0.25, 0.3) is 0 Å². The van der Waals surface area contributed by atoms with E-state index in [4.69, 9.17) is 18.9 Å². The van der Waals surface area contributed by atoms with Gasteiger partial charge in [-0.15, -0.1) is 0 Å². The Kier molecular flexibility index (Phi) is 71.9. The van der Waals surface area contributed by atoms with Crippen molar-refractivity contribution in [2.45, 2.75) is 505 Å². The van der Waals surface area contributed by atoms with Crippen LogP contribution in [0.5, 0.6) is 0 Å². The van der Waals surface area contributed by atoms with E-state index in [9.17, 15) is 45.6 Å². The zero-order valence-electron chi connectivity index (χ0n) is 69.4. The van der Waals surface area contributed by atoms with E-state index in [2.05, 4.69) is 67.8 Å². The maximum absolute atomic E-state index is 13.4. The lowest BCUT2D eigenvalue weighted by atomic mass is 9.97. The summed E-state index contributed by atoms with van der Waals surface area (Å²) in [6.07, 6.45) is 89.3. The number of nitrogens with one attached hydrogen (secondary N) is 1. The van der Waals surface area contributed by atoms with Crippen LogP contribution in [0.4, 0.5) is 0 Å². The number of amides is 1. The van der Waals surface area contributed by atoms with E-state index in [1.165, 1.54) is 347 Å². The molecule has 107 heavy (non-hydrogen) atoms. The summed E-state index contributed by atoms with van der Waals surface area (Å²) < 4.78 is 22.9. The van der Waals surface area contributed by atoms with Crippen LogP contribution in [0.2, 0.25) is 0 Å². The molecule has 14 nitrogen and oxygen atoms in total. The average molecular weight is 1510 g/mol. The first-order valence-corrected chi connectivity index (χ1v) is 46.0. The van der Waals surface area contributed by atoms with E-state index in [-0.39, 0.29) is 18.9 Å². The van der Waals surface area contributed by atoms with E-state index in [0.29, 0.717) is 12.8 Å². The van der Waals surface area contributed by atoms with Gasteiger partial charge in [0, 0.05) is 6.42 Å². The molecule has 2 fully saturated rings. The van der Waals surface area contributed by atoms with Crippen molar-refractivity contribution < 1.29 is 64.6 Å². The number of aliphatic hydroxyl groups is 8. The van der Waals surface area contributed by atoms with Crippen LogP contribution in [-0.2, 0) is 23.7 Å². The second-order valence-electron chi connectivity index (χ2n) is 32.4. The lowest BCUT2D eigenvalue weighted by Gasteiger charge is -2.46. The molecule has 2 saturated heterocycles. The van der Waals surface area contributed by atoms with Gasteiger partial charge in [-0.2, -0.15) is 0 Å². The monoisotopic (exact) mass is 1510 g/mol. The summed E-state index contributed by atoms with van der Waals surface area (Å²) in [7, 11) is 0. The van der Waals surface area contributed by atoms with Crippen LogP contribution in [0.3, 0.4) is 0 Å². The fraction of sp³-hybridized carbons (Fsp3) is 0.882. The second-order valence-corrected chi connectivity index (χ2v) is 32.4. The minimum absolute atomic E-state index is 0.245. The smallest absolute Gasteiger partial charge is 0.220 e. The Morgan fingerprint density at radius 2 is 0.626 bits per heavy atom. The van der Waals surface area contributed by atoms with Crippen LogP contribution >= 0.6 is 0 Å². The van der Waals surface area contributed by atoms with Crippen molar-refractivity contribution in [1.29, 1.82) is 0 Å². The molecular weight excluding hydrogens is 1340 g/mol. The van der Waals surface area contributed by atoms with E-state index < -0.39 is 86.8 Å².